The van der Waals surface area contributed by atoms with E-state index in [-0.39, 0.29) is 12.2 Å². The van der Waals surface area contributed by atoms with E-state index in [0.717, 1.165) is 10.7 Å². The maximum absolute atomic E-state index is 14.2. The first-order chi connectivity index (χ1) is 11.5. The number of anilines is 2. The molecule has 0 saturated heterocycles. The number of aryl methyl sites for hydroxylation is 1. The quantitative estimate of drug-likeness (QED) is 0.663. The van der Waals surface area contributed by atoms with Crippen LogP contribution < -0.4 is 4.90 Å². The summed E-state index contributed by atoms with van der Waals surface area (Å²) in [4.78, 5) is 26.2. The highest BCUT2D eigenvalue weighted by molar-refractivity contribution is 7.09. The molecule has 0 amide bonds. The number of ketones is 1. The Morgan fingerprint density at radius 2 is 2.04 bits per heavy atom. The molecule has 2 heterocycles. The van der Waals surface area contributed by atoms with Crippen LogP contribution in [-0.2, 0) is 6.42 Å². The molecule has 0 unspecified atom stereocenters. The van der Waals surface area contributed by atoms with E-state index in [2.05, 4.69) is 15.0 Å². The minimum absolute atomic E-state index is 0.0942. The van der Waals surface area contributed by atoms with Gasteiger partial charge < -0.3 is 4.90 Å². The molecule has 0 saturated carbocycles. The Hall–Kier alpha value is -2.67. The first kappa shape index (κ1) is 16.2. The van der Waals surface area contributed by atoms with E-state index < -0.39 is 5.82 Å². The lowest BCUT2D eigenvalue weighted by Gasteiger charge is -2.19. The van der Waals surface area contributed by atoms with E-state index in [1.54, 1.807) is 30.4 Å². The minimum atomic E-state index is -0.414. The highest BCUT2D eigenvalue weighted by Gasteiger charge is 2.15. The molecule has 7 heteroatoms. The van der Waals surface area contributed by atoms with Crippen molar-refractivity contribution in [1.29, 1.82) is 0 Å². The van der Waals surface area contributed by atoms with Crippen LogP contribution in [0.15, 0.2) is 42.3 Å². The molecule has 0 aliphatic carbocycles. The van der Waals surface area contributed by atoms with Gasteiger partial charge in [0.2, 0.25) is 0 Å². The Labute approximate surface area is 142 Å². The molecule has 0 bridgehead atoms. The smallest absolute Gasteiger partial charge is 0.169 e. The zero-order chi connectivity index (χ0) is 17.1. The Balaban J connectivity index is 1.87. The second-order valence-corrected chi connectivity index (χ2v) is 6.25. The van der Waals surface area contributed by atoms with E-state index >= 15 is 0 Å². The predicted octanol–water partition coefficient (Wildman–Crippen LogP) is 3.57. The molecule has 0 aliphatic rings. The molecule has 2 aromatic heterocycles. The number of hydrogen-bond acceptors (Lipinski definition) is 6. The molecule has 3 rings (SSSR count). The van der Waals surface area contributed by atoms with Crippen LogP contribution in [0.1, 0.15) is 21.1 Å². The number of nitrogens with zero attached hydrogens (tertiary/aromatic N) is 4. The van der Waals surface area contributed by atoms with Crippen molar-refractivity contribution in [3.05, 3.63) is 64.4 Å². The minimum Gasteiger partial charge on any atom is -0.340 e. The average Bonchev–Trinajstić information content (AvgIpc) is 3.00. The molecule has 24 heavy (non-hydrogen) atoms. The van der Waals surface area contributed by atoms with E-state index in [9.17, 15) is 9.18 Å². The van der Waals surface area contributed by atoms with E-state index in [0.29, 0.717) is 16.9 Å². The summed E-state index contributed by atoms with van der Waals surface area (Å²) in [6, 6.07) is 4.35. The zero-order valence-corrected chi connectivity index (χ0v) is 14.0. The number of carbonyl (C=O) groups excluding carboxylic acids is 1. The van der Waals surface area contributed by atoms with Gasteiger partial charge in [-0.15, -0.1) is 11.3 Å². The zero-order valence-electron chi connectivity index (χ0n) is 13.2. The topological polar surface area (TPSA) is 59.0 Å². The Morgan fingerprint density at radius 1 is 1.29 bits per heavy atom. The van der Waals surface area contributed by atoms with Crippen molar-refractivity contribution >= 4 is 28.5 Å². The summed E-state index contributed by atoms with van der Waals surface area (Å²) in [6.07, 6.45) is 4.78. The largest absolute Gasteiger partial charge is 0.340 e. The van der Waals surface area contributed by atoms with Crippen molar-refractivity contribution in [2.75, 3.05) is 11.9 Å². The summed E-state index contributed by atoms with van der Waals surface area (Å²) in [5.41, 5.74) is 2.27. The highest BCUT2D eigenvalue weighted by Crippen LogP contribution is 2.27. The van der Waals surface area contributed by atoms with Gasteiger partial charge in [0.05, 0.1) is 30.2 Å². The van der Waals surface area contributed by atoms with Crippen molar-refractivity contribution in [1.82, 2.24) is 15.0 Å². The van der Waals surface area contributed by atoms with E-state index in [1.165, 1.54) is 29.8 Å². The second kappa shape index (κ2) is 6.84. The first-order valence-electron chi connectivity index (χ1n) is 7.27. The predicted molar refractivity (Wildman–Crippen MR) is 91.4 cm³/mol. The number of thiazole rings is 1. The third kappa shape index (κ3) is 3.46. The maximum atomic E-state index is 14.2. The Morgan fingerprint density at radius 3 is 2.71 bits per heavy atom. The molecule has 0 N–H and O–H groups in total. The highest BCUT2D eigenvalue weighted by atomic mass is 32.1. The van der Waals surface area contributed by atoms with Crippen LogP contribution in [0.5, 0.6) is 0 Å². The molecular formula is C17H15FN4OS. The van der Waals surface area contributed by atoms with Crippen molar-refractivity contribution in [3.63, 3.8) is 0 Å². The van der Waals surface area contributed by atoms with Crippen LogP contribution in [-0.4, -0.2) is 27.8 Å². The lowest BCUT2D eigenvalue weighted by Crippen LogP contribution is -2.13. The number of carbonyl (C=O) groups is 1. The number of rotatable bonds is 5. The summed E-state index contributed by atoms with van der Waals surface area (Å²) in [6.45, 7) is 1.89. The standard InChI is InChI=1S/C17H15FN4OS/c1-11-9-24-17(21-11)6-16(23)12-3-4-14(18)15(5-12)22(2)13-7-19-10-20-8-13/h3-5,7-10H,6H2,1-2H3. The second-order valence-electron chi connectivity index (χ2n) is 5.30. The van der Waals surface area contributed by atoms with Crippen LogP contribution in [0.2, 0.25) is 0 Å². The molecule has 0 radical (unpaired) electrons. The van der Waals surface area contributed by atoms with Gasteiger partial charge in [0.25, 0.3) is 0 Å². The fourth-order valence-corrected chi connectivity index (χ4v) is 3.04. The summed E-state index contributed by atoms with van der Waals surface area (Å²) in [5, 5.41) is 2.66. The van der Waals surface area contributed by atoms with E-state index in [4.69, 9.17) is 0 Å². The number of aromatic nitrogens is 3. The van der Waals surface area contributed by atoms with Crippen LogP contribution in [0.25, 0.3) is 0 Å². The maximum Gasteiger partial charge on any atom is 0.169 e. The number of benzene rings is 1. The summed E-state index contributed by atoms with van der Waals surface area (Å²) >= 11 is 1.45. The fourth-order valence-electron chi connectivity index (χ4n) is 2.27. The van der Waals surface area contributed by atoms with Crippen LogP contribution >= 0.6 is 11.3 Å². The molecule has 122 valence electrons. The number of Topliss-reactive ketones (excluding diaryl/α,β-unsaturated/α-hetero) is 1. The molecule has 0 aliphatic heterocycles. The average molecular weight is 342 g/mol. The monoisotopic (exact) mass is 342 g/mol. The van der Waals surface area contributed by atoms with Gasteiger partial charge in [-0.25, -0.2) is 19.3 Å². The van der Waals surface area contributed by atoms with Gasteiger partial charge in [0.1, 0.15) is 17.2 Å². The third-order valence-corrected chi connectivity index (χ3v) is 4.51. The summed E-state index contributed by atoms with van der Waals surface area (Å²) in [5.74, 6) is -0.508. The van der Waals surface area contributed by atoms with Gasteiger partial charge in [-0.1, -0.05) is 0 Å². The molecular weight excluding hydrogens is 327 g/mol. The number of halogens is 1. The Bertz CT molecular complexity index is 866. The first-order valence-corrected chi connectivity index (χ1v) is 8.15. The van der Waals surface area contributed by atoms with Gasteiger partial charge >= 0.3 is 0 Å². The SMILES string of the molecule is Cc1csc(CC(=O)c2ccc(F)c(N(C)c3cncnc3)c2)n1. The van der Waals surface area contributed by atoms with Crippen LogP contribution in [0, 0.1) is 12.7 Å². The molecule has 1 aromatic carbocycles. The van der Waals surface area contributed by atoms with E-state index in [1.807, 2.05) is 12.3 Å². The molecule has 0 spiro atoms. The van der Waals surface area contributed by atoms with Gasteiger partial charge in [-0.05, 0) is 25.1 Å². The Kier molecular flexibility index (Phi) is 4.61. The molecule has 0 fully saturated rings. The lowest BCUT2D eigenvalue weighted by atomic mass is 10.1. The van der Waals surface area contributed by atoms with Crippen molar-refractivity contribution in [3.8, 4) is 0 Å². The summed E-state index contributed by atoms with van der Waals surface area (Å²) in [7, 11) is 1.70. The van der Waals surface area contributed by atoms with Crippen molar-refractivity contribution < 1.29 is 9.18 Å². The number of hydrogen-bond donors (Lipinski definition) is 0. The molecule has 0 atom stereocenters. The van der Waals surface area contributed by atoms with Gasteiger partial charge in [0, 0.05) is 23.7 Å². The van der Waals surface area contributed by atoms with Crippen molar-refractivity contribution in [2.24, 2.45) is 0 Å². The third-order valence-electron chi connectivity index (χ3n) is 3.54. The molecule has 3 aromatic rings. The van der Waals surface area contributed by atoms with Crippen molar-refractivity contribution in [2.45, 2.75) is 13.3 Å². The van der Waals surface area contributed by atoms with Gasteiger partial charge in [-0.3, -0.25) is 4.79 Å². The summed E-state index contributed by atoms with van der Waals surface area (Å²) < 4.78 is 14.2. The van der Waals surface area contributed by atoms with Crippen LogP contribution in [0.3, 0.4) is 0 Å². The lowest BCUT2D eigenvalue weighted by molar-refractivity contribution is 0.0993. The molecule has 5 nitrogen and oxygen atoms in total. The fraction of sp³-hybridized carbons (Fsp3) is 0.176. The normalized spacial score (nSPS) is 10.6. The van der Waals surface area contributed by atoms with Gasteiger partial charge in [0.15, 0.2) is 5.78 Å². The van der Waals surface area contributed by atoms with Crippen LogP contribution in [0.4, 0.5) is 15.8 Å². The van der Waals surface area contributed by atoms with Gasteiger partial charge in [-0.2, -0.15) is 0 Å².